The molecule has 5 rings (SSSR count). The van der Waals surface area contributed by atoms with Gasteiger partial charge >= 0.3 is 27.2 Å². The van der Waals surface area contributed by atoms with Crippen LogP contribution in [-0.2, 0) is 32.7 Å². The molecule has 0 fully saturated rings. The number of hydrogen-bond acceptors (Lipinski definition) is 3. The molecule has 0 bridgehead atoms. The van der Waals surface area contributed by atoms with E-state index in [0.717, 1.165) is 34.5 Å². The number of halogens is 3. The van der Waals surface area contributed by atoms with Crippen LogP contribution >= 0.6 is 0 Å². The Bertz CT molecular complexity index is 1480. The molecule has 0 N–H and O–H groups in total. The molecule has 0 spiro atoms. The van der Waals surface area contributed by atoms with Gasteiger partial charge in [0.15, 0.2) is 0 Å². The second kappa shape index (κ2) is 9.38. The molecular formula is C27H19F3N4Pt. The Morgan fingerprint density at radius 2 is 1.63 bits per heavy atom. The quantitative estimate of drug-likeness (QED) is 0.211. The second-order valence-corrected chi connectivity index (χ2v) is 8.40. The molecule has 0 aliphatic carbocycles. The fourth-order valence-corrected chi connectivity index (χ4v) is 3.97. The normalized spacial score (nSPS) is 11.9. The Kier molecular flexibility index (Phi) is 6.65. The molecule has 5 aromatic rings. The van der Waals surface area contributed by atoms with Crippen LogP contribution in [-0.4, -0.2) is 19.7 Å². The first-order chi connectivity index (χ1) is 16.2. The van der Waals surface area contributed by atoms with Gasteiger partial charge in [-0.15, -0.1) is 12.1 Å². The molecule has 0 atom stereocenters. The molecule has 178 valence electrons. The summed E-state index contributed by atoms with van der Waals surface area (Å²) in [5.74, 6) is 0. The molecule has 0 amide bonds. The second-order valence-electron chi connectivity index (χ2n) is 8.40. The molecule has 0 saturated heterocycles. The van der Waals surface area contributed by atoms with Crippen molar-refractivity contribution < 1.29 is 34.2 Å². The Labute approximate surface area is 215 Å². The van der Waals surface area contributed by atoms with E-state index in [9.17, 15) is 13.2 Å². The van der Waals surface area contributed by atoms with Crippen molar-refractivity contribution in [2.75, 3.05) is 0 Å². The first-order valence-corrected chi connectivity index (χ1v) is 10.6. The molecule has 4 nitrogen and oxygen atoms in total. The average Bonchev–Trinajstić information content (AvgIpc) is 3.25. The molecule has 8 heteroatoms. The summed E-state index contributed by atoms with van der Waals surface area (Å²) in [6.45, 7) is 4.01. The van der Waals surface area contributed by atoms with Crippen molar-refractivity contribution in [1.82, 2.24) is 19.7 Å². The maximum absolute atomic E-state index is 13.2. The van der Waals surface area contributed by atoms with Crippen LogP contribution in [0.4, 0.5) is 13.2 Å². The van der Waals surface area contributed by atoms with Crippen LogP contribution in [0.2, 0.25) is 0 Å². The van der Waals surface area contributed by atoms with E-state index in [1.807, 2.05) is 73.1 Å². The van der Waals surface area contributed by atoms with E-state index in [1.54, 1.807) is 12.1 Å². The van der Waals surface area contributed by atoms with E-state index in [1.165, 1.54) is 0 Å². The van der Waals surface area contributed by atoms with Gasteiger partial charge in [-0.3, -0.25) is 9.67 Å². The molecule has 0 aliphatic heterocycles. The van der Waals surface area contributed by atoms with Crippen LogP contribution in [0.5, 0.6) is 0 Å². The van der Waals surface area contributed by atoms with Gasteiger partial charge in [-0.2, -0.15) is 54.2 Å². The maximum atomic E-state index is 13.2. The summed E-state index contributed by atoms with van der Waals surface area (Å²) in [5, 5.41) is 5.90. The summed E-state index contributed by atoms with van der Waals surface area (Å²) in [4.78, 5) is 8.12. The minimum atomic E-state index is -4.54. The van der Waals surface area contributed by atoms with Gasteiger partial charge in [-0.1, -0.05) is 30.3 Å². The number of para-hydroxylation sites is 2. The molecule has 0 aliphatic rings. The number of rotatable bonds is 4. The number of pyridine rings is 2. The third-order valence-electron chi connectivity index (χ3n) is 5.76. The summed E-state index contributed by atoms with van der Waals surface area (Å²) in [6, 6.07) is 27.8. The van der Waals surface area contributed by atoms with Crippen molar-refractivity contribution in [3.63, 3.8) is 0 Å². The van der Waals surface area contributed by atoms with E-state index in [-0.39, 0.29) is 26.6 Å². The first-order valence-electron chi connectivity index (χ1n) is 10.6. The Morgan fingerprint density at radius 3 is 2.37 bits per heavy atom. The van der Waals surface area contributed by atoms with Gasteiger partial charge in [0, 0.05) is 11.1 Å². The standard InChI is InChI=1S/C27H19F3N4.Pt/c1-26(2,23-14-8-12-21(32-23)18-15-16-31-24(17-18)27(28,29)30)25-20-11-6-7-13-22(20)34(33-25)19-9-4-3-5-10-19;/h3-9,11-14,16-17H,1-2H3;/q-2;+2. The Balaban J connectivity index is 0.00000289. The third-order valence-corrected chi connectivity index (χ3v) is 5.76. The van der Waals surface area contributed by atoms with E-state index in [2.05, 4.69) is 17.1 Å². The van der Waals surface area contributed by atoms with Crippen molar-refractivity contribution in [1.29, 1.82) is 0 Å². The van der Waals surface area contributed by atoms with Gasteiger partial charge < -0.3 is 4.98 Å². The maximum Gasteiger partial charge on any atom is 2.00 e. The number of hydrogen-bond donors (Lipinski definition) is 0. The van der Waals surface area contributed by atoms with Crippen LogP contribution in [0, 0.1) is 12.1 Å². The number of aromatic nitrogens is 4. The van der Waals surface area contributed by atoms with Crippen molar-refractivity contribution in [2.45, 2.75) is 25.4 Å². The van der Waals surface area contributed by atoms with Crippen LogP contribution in [0.25, 0.3) is 27.8 Å². The predicted octanol–water partition coefficient (Wildman–Crippen LogP) is 6.43. The van der Waals surface area contributed by atoms with E-state index in [0.29, 0.717) is 11.4 Å². The number of nitrogens with zero attached hydrogens (tertiary/aromatic N) is 4. The molecule has 3 aromatic heterocycles. The minimum Gasteiger partial charge on any atom is -0.316 e. The summed E-state index contributed by atoms with van der Waals surface area (Å²) >= 11 is 0. The summed E-state index contributed by atoms with van der Waals surface area (Å²) in [5.41, 5.74) is 2.23. The smallest absolute Gasteiger partial charge is 0.316 e. The molecule has 35 heavy (non-hydrogen) atoms. The zero-order valence-corrected chi connectivity index (χ0v) is 21.0. The van der Waals surface area contributed by atoms with Crippen molar-refractivity contribution in [3.05, 3.63) is 108 Å². The molecule has 0 radical (unpaired) electrons. The van der Waals surface area contributed by atoms with Gasteiger partial charge in [-0.05, 0) is 43.6 Å². The fraction of sp³-hybridized carbons (Fsp3) is 0.148. The van der Waals surface area contributed by atoms with E-state index in [4.69, 9.17) is 10.1 Å². The monoisotopic (exact) mass is 651 g/mol. The third kappa shape index (κ3) is 4.65. The van der Waals surface area contributed by atoms with E-state index >= 15 is 0 Å². The zero-order valence-electron chi connectivity index (χ0n) is 18.7. The van der Waals surface area contributed by atoms with Crippen LogP contribution < -0.4 is 0 Å². The number of benzene rings is 2. The Hall–Kier alpha value is -3.31. The van der Waals surface area contributed by atoms with Crippen molar-refractivity contribution >= 4 is 10.9 Å². The summed E-state index contributed by atoms with van der Waals surface area (Å²) in [6.07, 6.45) is -3.51. The minimum absolute atomic E-state index is 0. The Morgan fingerprint density at radius 1 is 0.857 bits per heavy atom. The molecule has 2 aromatic carbocycles. The fourth-order valence-electron chi connectivity index (χ4n) is 3.97. The molecule has 0 saturated carbocycles. The zero-order chi connectivity index (χ0) is 23.9. The van der Waals surface area contributed by atoms with Gasteiger partial charge in [0.25, 0.3) is 0 Å². The van der Waals surface area contributed by atoms with Crippen LogP contribution in [0.1, 0.15) is 30.9 Å². The largest absolute Gasteiger partial charge is 2.00 e. The topological polar surface area (TPSA) is 43.6 Å². The molecule has 3 heterocycles. The van der Waals surface area contributed by atoms with Crippen LogP contribution in [0.3, 0.4) is 0 Å². The van der Waals surface area contributed by atoms with Crippen LogP contribution in [0.15, 0.2) is 79.0 Å². The van der Waals surface area contributed by atoms with Gasteiger partial charge in [0.2, 0.25) is 0 Å². The van der Waals surface area contributed by atoms with Gasteiger partial charge in [-0.25, -0.2) is 0 Å². The summed E-state index contributed by atoms with van der Waals surface area (Å²) in [7, 11) is 0. The van der Waals surface area contributed by atoms with Crippen molar-refractivity contribution in [2.24, 2.45) is 0 Å². The summed E-state index contributed by atoms with van der Waals surface area (Å²) < 4.78 is 41.3. The number of fused-ring (bicyclic) bond motifs is 1. The van der Waals surface area contributed by atoms with E-state index < -0.39 is 17.3 Å². The molecular weight excluding hydrogens is 632 g/mol. The van der Waals surface area contributed by atoms with Crippen molar-refractivity contribution in [3.8, 4) is 16.9 Å². The SMILES string of the molecule is CC(C)(c1cccc(-c2[c-]cnc(C(F)(F)F)c2)n1)c1nn(-c2[c-]cccc2)c2ccccc12.[Pt+2]. The average molecular weight is 652 g/mol. The first kappa shape index (κ1) is 24.8. The molecule has 0 unspecified atom stereocenters. The van der Waals surface area contributed by atoms with Gasteiger partial charge in [0.05, 0.1) is 22.3 Å². The van der Waals surface area contributed by atoms with Gasteiger partial charge in [0.1, 0.15) is 0 Å². The number of alkyl halides is 3. The predicted molar refractivity (Wildman–Crippen MR) is 123 cm³/mol.